The van der Waals surface area contributed by atoms with E-state index in [2.05, 4.69) is 42.9 Å². The van der Waals surface area contributed by atoms with Crippen LogP contribution < -0.4 is 10.5 Å². The number of ether oxygens (including phenoxy) is 1. The van der Waals surface area contributed by atoms with E-state index in [-0.39, 0.29) is 5.41 Å². The van der Waals surface area contributed by atoms with Crippen molar-refractivity contribution < 1.29 is 4.74 Å². The van der Waals surface area contributed by atoms with Crippen LogP contribution >= 0.6 is 0 Å². The second-order valence-electron chi connectivity index (χ2n) is 5.93. The van der Waals surface area contributed by atoms with Gasteiger partial charge in [0, 0.05) is 17.7 Å². The molecule has 3 N–H and O–H groups in total. The molecule has 1 aromatic heterocycles. The zero-order valence-electron chi connectivity index (χ0n) is 12.7. The Morgan fingerprint density at radius 1 is 1.30 bits per heavy atom. The number of hydrogen-bond acceptors (Lipinski definition) is 3. The standard InChI is InChI=1S/C16H23N3O/c1-16(2,3)11-5-6-14(20-4)12(9-11)15-13(7-8-17)18-10-19-15/h5-6,9-10H,7-8,17H2,1-4H3,(H,18,19). The predicted octanol–water partition coefficient (Wildman–Crippen LogP) is 2.88. The topological polar surface area (TPSA) is 63.9 Å². The molecule has 0 aliphatic rings. The Hall–Kier alpha value is -1.81. The summed E-state index contributed by atoms with van der Waals surface area (Å²) >= 11 is 0. The lowest BCUT2D eigenvalue weighted by Crippen LogP contribution is -2.11. The number of methoxy groups -OCH3 is 1. The van der Waals surface area contributed by atoms with Crippen LogP contribution in [0.2, 0.25) is 0 Å². The molecule has 20 heavy (non-hydrogen) atoms. The van der Waals surface area contributed by atoms with Crippen molar-refractivity contribution in [2.45, 2.75) is 32.6 Å². The molecule has 0 atom stereocenters. The maximum atomic E-state index is 5.66. The number of H-pyrrole nitrogens is 1. The highest BCUT2D eigenvalue weighted by Gasteiger charge is 2.19. The minimum Gasteiger partial charge on any atom is -0.496 e. The average molecular weight is 273 g/mol. The first kappa shape index (κ1) is 14.6. The summed E-state index contributed by atoms with van der Waals surface area (Å²) in [6.45, 7) is 7.19. The fourth-order valence-electron chi connectivity index (χ4n) is 2.25. The molecule has 1 heterocycles. The minimum absolute atomic E-state index is 0.0887. The van der Waals surface area contributed by atoms with Crippen molar-refractivity contribution >= 4 is 0 Å². The largest absolute Gasteiger partial charge is 0.496 e. The third-order valence-corrected chi connectivity index (χ3v) is 3.43. The number of nitrogens with zero attached hydrogens (tertiary/aromatic N) is 1. The van der Waals surface area contributed by atoms with Gasteiger partial charge in [-0.15, -0.1) is 0 Å². The first-order chi connectivity index (χ1) is 9.47. The van der Waals surface area contributed by atoms with Gasteiger partial charge in [-0.25, -0.2) is 4.98 Å². The Morgan fingerprint density at radius 3 is 2.65 bits per heavy atom. The maximum Gasteiger partial charge on any atom is 0.128 e. The van der Waals surface area contributed by atoms with Crippen LogP contribution in [0.15, 0.2) is 24.5 Å². The summed E-state index contributed by atoms with van der Waals surface area (Å²) in [4.78, 5) is 7.61. The summed E-state index contributed by atoms with van der Waals surface area (Å²) in [5, 5.41) is 0. The van der Waals surface area contributed by atoms with Crippen LogP contribution in [0.5, 0.6) is 5.75 Å². The van der Waals surface area contributed by atoms with E-state index in [4.69, 9.17) is 10.5 Å². The van der Waals surface area contributed by atoms with Crippen molar-refractivity contribution in [2.75, 3.05) is 13.7 Å². The number of hydrogen-bond donors (Lipinski definition) is 2. The summed E-state index contributed by atoms with van der Waals surface area (Å²) in [5.41, 5.74) is 10.0. The normalized spacial score (nSPS) is 11.7. The molecule has 4 nitrogen and oxygen atoms in total. The number of imidazole rings is 1. The lowest BCUT2D eigenvalue weighted by Gasteiger charge is -2.21. The van der Waals surface area contributed by atoms with E-state index in [1.807, 2.05) is 6.07 Å². The third-order valence-electron chi connectivity index (χ3n) is 3.43. The van der Waals surface area contributed by atoms with Crippen LogP contribution in [0.4, 0.5) is 0 Å². The SMILES string of the molecule is COc1ccc(C(C)(C)C)cc1-c1nc[nH]c1CCN. The first-order valence-electron chi connectivity index (χ1n) is 6.88. The molecule has 0 saturated heterocycles. The highest BCUT2D eigenvalue weighted by atomic mass is 16.5. The van der Waals surface area contributed by atoms with Crippen LogP contribution in [-0.2, 0) is 11.8 Å². The van der Waals surface area contributed by atoms with Crippen molar-refractivity contribution in [2.24, 2.45) is 5.73 Å². The quantitative estimate of drug-likeness (QED) is 0.900. The second kappa shape index (κ2) is 5.67. The monoisotopic (exact) mass is 273 g/mol. The number of nitrogens with one attached hydrogen (secondary N) is 1. The molecule has 4 heteroatoms. The van der Waals surface area contributed by atoms with E-state index < -0.39 is 0 Å². The van der Waals surface area contributed by atoms with Gasteiger partial charge >= 0.3 is 0 Å². The third kappa shape index (κ3) is 2.85. The van der Waals surface area contributed by atoms with Gasteiger partial charge in [0.2, 0.25) is 0 Å². The van der Waals surface area contributed by atoms with E-state index in [9.17, 15) is 0 Å². The van der Waals surface area contributed by atoms with Gasteiger partial charge in [-0.05, 0) is 29.7 Å². The van der Waals surface area contributed by atoms with Gasteiger partial charge in [0.05, 0.1) is 19.1 Å². The molecule has 2 rings (SSSR count). The zero-order chi connectivity index (χ0) is 14.8. The molecule has 0 amide bonds. The van der Waals surface area contributed by atoms with Crippen molar-refractivity contribution in [3.8, 4) is 17.0 Å². The highest BCUT2D eigenvalue weighted by molar-refractivity contribution is 5.70. The summed E-state index contributed by atoms with van der Waals surface area (Å²) in [5.74, 6) is 0.836. The fraction of sp³-hybridized carbons (Fsp3) is 0.438. The number of benzene rings is 1. The highest BCUT2D eigenvalue weighted by Crippen LogP contribution is 2.35. The fourth-order valence-corrected chi connectivity index (χ4v) is 2.25. The van der Waals surface area contributed by atoms with E-state index in [1.54, 1.807) is 13.4 Å². The van der Waals surface area contributed by atoms with E-state index in [1.165, 1.54) is 5.56 Å². The predicted molar refractivity (Wildman–Crippen MR) is 82.0 cm³/mol. The smallest absolute Gasteiger partial charge is 0.128 e. The molecule has 0 aliphatic carbocycles. The molecule has 1 aromatic carbocycles. The number of aromatic nitrogens is 2. The van der Waals surface area contributed by atoms with Gasteiger partial charge in [0.15, 0.2) is 0 Å². The lowest BCUT2D eigenvalue weighted by molar-refractivity contribution is 0.415. The average Bonchev–Trinajstić information content (AvgIpc) is 2.85. The molecule has 0 saturated carbocycles. The van der Waals surface area contributed by atoms with Crippen molar-refractivity contribution in [1.29, 1.82) is 0 Å². The Labute approximate surface area is 120 Å². The summed E-state index contributed by atoms with van der Waals surface area (Å²) in [6, 6.07) is 6.28. The maximum absolute atomic E-state index is 5.66. The number of rotatable bonds is 4. The lowest BCUT2D eigenvalue weighted by atomic mass is 9.85. The van der Waals surface area contributed by atoms with Gasteiger partial charge < -0.3 is 15.5 Å². The van der Waals surface area contributed by atoms with Crippen LogP contribution in [0.25, 0.3) is 11.3 Å². The Bertz CT molecular complexity index is 582. The van der Waals surface area contributed by atoms with Gasteiger partial charge in [0.25, 0.3) is 0 Å². The molecular weight excluding hydrogens is 250 g/mol. The summed E-state index contributed by atoms with van der Waals surface area (Å²) in [6.07, 6.45) is 2.49. The molecule has 0 bridgehead atoms. The van der Waals surface area contributed by atoms with Crippen LogP contribution in [0.1, 0.15) is 32.0 Å². The van der Waals surface area contributed by atoms with Crippen LogP contribution in [0.3, 0.4) is 0 Å². The van der Waals surface area contributed by atoms with E-state index in [0.29, 0.717) is 6.54 Å². The van der Waals surface area contributed by atoms with E-state index in [0.717, 1.165) is 29.1 Å². The molecule has 0 unspecified atom stereocenters. The number of nitrogens with two attached hydrogens (primary N) is 1. The van der Waals surface area contributed by atoms with Crippen molar-refractivity contribution in [3.05, 3.63) is 35.8 Å². The van der Waals surface area contributed by atoms with Crippen molar-refractivity contribution in [3.63, 3.8) is 0 Å². The Morgan fingerprint density at radius 2 is 2.05 bits per heavy atom. The van der Waals surface area contributed by atoms with E-state index >= 15 is 0 Å². The van der Waals surface area contributed by atoms with Crippen molar-refractivity contribution in [1.82, 2.24) is 9.97 Å². The molecule has 0 radical (unpaired) electrons. The van der Waals surface area contributed by atoms with Gasteiger partial charge in [-0.3, -0.25) is 0 Å². The van der Waals surface area contributed by atoms with Crippen LogP contribution in [0, 0.1) is 0 Å². The van der Waals surface area contributed by atoms with Gasteiger partial charge in [-0.2, -0.15) is 0 Å². The molecule has 108 valence electrons. The Kier molecular flexibility index (Phi) is 4.14. The number of aromatic amines is 1. The first-order valence-corrected chi connectivity index (χ1v) is 6.88. The van der Waals surface area contributed by atoms with Crippen LogP contribution in [-0.4, -0.2) is 23.6 Å². The molecule has 2 aromatic rings. The summed E-state index contributed by atoms with van der Waals surface area (Å²) in [7, 11) is 1.69. The summed E-state index contributed by atoms with van der Waals surface area (Å²) < 4.78 is 5.48. The van der Waals surface area contributed by atoms with Gasteiger partial charge in [0.1, 0.15) is 5.75 Å². The molecule has 0 spiro atoms. The Balaban J connectivity index is 2.55. The molecule has 0 fully saturated rings. The second-order valence-corrected chi connectivity index (χ2v) is 5.93. The molecular formula is C16H23N3O. The molecule has 0 aliphatic heterocycles. The van der Waals surface area contributed by atoms with Gasteiger partial charge in [-0.1, -0.05) is 26.8 Å². The zero-order valence-corrected chi connectivity index (χ0v) is 12.7. The minimum atomic E-state index is 0.0887.